The summed E-state index contributed by atoms with van der Waals surface area (Å²) >= 11 is 6.09. The molecule has 1 aliphatic rings. The third-order valence-corrected chi connectivity index (χ3v) is 3.41. The monoisotopic (exact) mass is 286 g/mol. The summed E-state index contributed by atoms with van der Waals surface area (Å²) in [7, 11) is 0. The minimum atomic E-state index is -0.968. The van der Waals surface area contributed by atoms with E-state index in [4.69, 9.17) is 0 Å². The third kappa shape index (κ3) is 1.84. The van der Waals surface area contributed by atoms with Crippen molar-refractivity contribution in [1.29, 1.82) is 0 Å². The van der Waals surface area contributed by atoms with Crippen LogP contribution in [0.1, 0.15) is 0 Å². The minimum absolute atomic E-state index is 0.424. The molecule has 0 fully saturated rings. The van der Waals surface area contributed by atoms with E-state index in [0.717, 1.165) is 0 Å². The average molecular weight is 288 g/mol. The lowest BCUT2D eigenvalue weighted by molar-refractivity contribution is 0.0159. The molecule has 0 unspecified atom stereocenters. The quantitative estimate of drug-likeness (QED) is 0.555. The highest BCUT2D eigenvalue weighted by molar-refractivity contribution is 9.11. The van der Waals surface area contributed by atoms with Crippen molar-refractivity contribution in [3.05, 3.63) is 10.6 Å². The van der Waals surface area contributed by atoms with Crippen molar-refractivity contribution in [3.8, 4) is 0 Å². The second-order valence-corrected chi connectivity index (χ2v) is 4.40. The molecule has 0 aliphatic heterocycles. The van der Waals surface area contributed by atoms with Crippen molar-refractivity contribution in [1.82, 2.24) is 0 Å². The van der Waals surface area contributed by atoms with E-state index in [-0.39, 0.29) is 0 Å². The fourth-order valence-corrected chi connectivity index (χ4v) is 1.88. The van der Waals surface area contributed by atoms with Gasteiger partial charge in [0.2, 0.25) is 0 Å². The molecule has 11 heavy (non-hydrogen) atoms. The van der Waals surface area contributed by atoms with Gasteiger partial charge in [-0.1, -0.05) is 31.9 Å². The van der Waals surface area contributed by atoms with Crippen molar-refractivity contribution in [2.75, 3.05) is 0 Å². The Hall–Kier alpha value is 0.580. The number of aliphatic hydroxyl groups is 3. The van der Waals surface area contributed by atoms with Crippen molar-refractivity contribution in [2.24, 2.45) is 0 Å². The first kappa shape index (κ1) is 9.67. The fourth-order valence-electron chi connectivity index (χ4n) is 0.893. The minimum Gasteiger partial charge on any atom is -0.389 e. The van der Waals surface area contributed by atoms with Crippen LogP contribution in [-0.4, -0.2) is 38.5 Å². The smallest absolute Gasteiger partial charge is 0.112 e. The van der Waals surface area contributed by atoms with Gasteiger partial charge in [-0.25, -0.2) is 0 Å². The molecule has 0 saturated heterocycles. The van der Waals surface area contributed by atoms with Gasteiger partial charge in [0.05, 0.1) is 17.0 Å². The summed E-state index contributed by atoms with van der Waals surface area (Å²) in [5.74, 6) is 0. The average Bonchev–Trinajstić information content (AvgIpc) is 1.97. The van der Waals surface area contributed by atoms with Crippen LogP contribution in [0.2, 0.25) is 0 Å². The maximum atomic E-state index is 9.26. The van der Waals surface area contributed by atoms with Crippen LogP contribution in [-0.2, 0) is 0 Å². The molecule has 3 N–H and O–H groups in total. The van der Waals surface area contributed by atoms with Gasteiger partial charge in [-0.05, 0) is 6.08 Å². The summed E-state index contributed by atoms with van der Waals surface area (Å²) in [6, 6.07) is 0. The molecular weight excluding hydrogens is 280 g/mol. The second kappa shape index (κ2) is 3.53. The lowest BCUT2D eigenvalue weighted by Crippen LogP contribution is -2.44. The Morgan fingerprint density at radius 1 is 1.27 bits per heavy atom. The van der Waals surface area contributed by atoms with Crippen molar-refractivity contribution in [3.63, 3.8) is 0 Å². The molecule has 0 aromatic rings. The fraction of sp³-hybridized carbons (Fsp3) is 0.667. The summed E-state index contributed by atoms with van der Waals surface area (Å²) in [6.07, 6.45) is -1.22. The first-order valence-electron chi connectivity index (χ1n) is 3.09. The van der Waals surface area contributed by atoms with Gasteiger partial charge in [-0.15, -0.1) is 0 Å². The molecule has 0 heterocycles. The topological polar surface area (TPSA) is 60.7 Å². The van der Waals surface area contributed by atoms with E-state index < -0.39 is 23.1 Å². The second-order valence-electron chi connectivity index (χ2n) is 2.42. The van der Waals surface area contributed by atoms with Gasteiger partial charge in [-0.3, -0.25) is 0 Å². The van der Waals surface area contributed by atoms with Crippen LogP contribution in [0.15, 0.2) is 10.6 Å². The lowest BCUT2D eigenvalue weighted by atomic mass is 10.00. The molecule has 0 saturated carbocycles. The van der Waals surface area contributed by atoms with Crippen LogP contribution in [0, 0.1) is 0 Å². The van der Waals surface area contributed by atoms with E-state index in [1.807, 2.05) is 0 Å². The summed E-state index contributed by atoms with van der Waals surface area (Å²) in [6.45, 7) is 0. The molecule has 1 rings (SSSR count). The maximum Gasteiger partial charge on any atom is 0.112 e. The number of hydrogen-bond donors (Lipinski definition) is 3. The molecule has 0 amide bonds. The van der Waals surface area contributed by atoms with Crippen molar-refractivity contribution in [2.45, 2.75) is 23.1 Å². The third-order valence-electron chi connectivity index (χ3n) is 1.59. The van der Waals surface area contributed by atoms with E-state index in [2.05, 4.69) is 31.9 Å². The predicted molar refractivity (Wildman–Crippen MR) is 47.7 cm³/mol. The van der Waals surface area contributed by atoms with Crippen LogP contribution < -0.4 is 0 Å². The van der Waals surface area contributed by atoms with Gasteiger partial charge in [0, 0.05) is 4.48 Å². The predicted octanol–water partition coefficient (Wildman–Crippen LogP) is 0.125. The highest BCUT2D eigenvalue weighted by Gasteiger charge is 2.34. The van der Waals surface area contributed by atoms with Gasteiger partial charge in [0.15, 0.2) is 0 Å². The van der Waals surface area contributed by atoms with Crippen molar-refractivity contribution >= 4 is 31.9 Å². The molecule has 4 atom stereocenters. The van der Waals surface area contributed by atoms with Crippen molar-refractivity contribution < 1.29 is 15.3 Å². The Morgan fingerprint density at radius 2 is 1.82 bits per heavy atom. The van der Waals surface area contributed by atoms with Crippen LogP contribution >= 0.6 is 31.9 Å². The summed E-state index contributed by atoms with van der Waals surface area (Å²) < 4.78 is 0.424. The molecule has 3 nitrogen and oxygen atoms in total. The van der Waals surface area contributed by atoms with E-state index in [0.29, 0.717) is 4.48 Å². The Morgan fingerprint density at radius 3 is 2.36 bits per heavy atom. The standard InChI is InChI=1S/C6H8Br2O3/c7-2-1-3(9)4(8)6(11)5(2)10/h1,3-6,9-11H/t3-,4+,5+,6-/m0/s1. The summed E-state index contributed by atoms with van der Waals surface area (Å²) in [5, 5.41) is 27.7. The molecule has 64 valence electrons. The summed E-state index contributed by atoms with van der Waals surface area (Å²) in [5.41, 5.74) is 0. The highest BCUT2D eigenvalue weighted by atomic mass is 79.9. The zero-order valence-electron chi connectivity index (χ0n) is 5.48. The SMILES string of the molecule is O[C@H]1[C@H](Br)[C@@H](O)C=C(Br)[C@H]1O. The van der Waals surface area contributed by atoms with E-state index in [9.17, 15) is 15.3 Å². The van der Waals surface area contributed by atoms with E-state index >= 15 is 0 Å². The Kier molecular flexibility index (Phi) is 3.10. The van der Waals surface area contributed by atoms with Gasteiger partial charge in [-0.2, -0.15) is 0 Å². The number of rotatable bonds is 0. The molecule has 0 bridgehead atoms. The van der Waals surface area contributed by atoms with Crippen LogP contribution in [0.3, 0.4) is 0 Å². The number of aliphatic hydroxyl groups excluding tert-OH is 3. The lowest BCUT2D eigenvalue weighted by Gasteiger charge is -2.29. The Labute approximate surface area is 81.0 Å². The first-order valence-corrected chi connectivity index (χ1v) is 4.80. The van der Waals surface area contributed by atoms with E-state index in [1.165, 1.54) is 6.08 Å². The molecule has 0 aromatic heterocycles. The van der Waals surface area contributed by atoms with Gasteiger partial charge >= 0.3 is 0 Å². The zero-order chi connectivity index (χ0) is 8.59. The molecule has 0 spiro atoms. The normalized spacial score (nSPS) is 45.4. The molecule has 1 aliphatic carbocycles. The zero-order valence-corrected chi connectivity index (χ0v) is 8.66. The number of halogens is 2. The number of hydrogen-bond acceptors (Lipinski definition) is 3. The Balaban J connectivity index is 2.83. The molecular formula is C6H8Br2O3. The van der Waals surface area contributed by atoms with E-state index in [1.54, 1.807) is 0 Å². The van der Waals surface area contributed by atoms with Crippen LogP contribution in [0.25, 0.3) is 0 Å². The largest absolute Gasteiger partial charge is 0.389 e. The van der Waals surface area contributed by atoms with Gasteiger partial charge in [0.1, 0.15) is 6.10 Å². The Bertz CT molecular complexity index is 183. The molecule has 5 heteroatoms. The van der Waals surface area contributed by atoms with Crippen LogP contribution in [0.4, 0.5) is 0 Å². The molecule has 0 radical (unpaired) electrons. The van der Waals surface area contributed by atoms with Crippen LogP contribution in [0.5, 0.6) is 0 Å². The summed E-state index contributed by atoms with van der Waals surface area (Å²) in [4.78, 5) is -0.501. The number of alkyl halides is 1. The maximum absolute atomic E-state index is 9.26. The highest BCUT2D eigenvalue weighted by Crippen LogP contribution is 2.28. The van der Waals surface area contributed by atoms with Gasteiger partial charge in [0.25, 0.3) is 0 Å². The molecule has 0 aromatic carbocycles. The van der Waals surface area contributed by atoms with Gasteiger partial charge < -0.3 is 15.3 Å². The first-order chi connectivity index (χ1) is 5.04.